The summed E-state index contributed by atoms with van der Waals surface area (Å²) in [5.41, 5.74) is 1.17. The number of hydrogen-bond donors (Lipinski definition) is 3. The normalized spacial score (nSPS) is 12.8. The first-order valence-electron chi connectivity index (χ1n) is 11.8. The fraction of sp³-hybridized carbons (Fsp3) is 0.393. The molecule has 2 aromatic carbocycles. The summed E-state index contributed by atoms with van der Waals surface area (Å²) in [4.78, 5) is 40.8. The van der Waals surface area contributed by atoms with Crippen molar-refractivity contribution < 1.29 is 24.2 Å². The lowest BCUT2D eigenvalue weighted by Gasteiger charge is -2.32. The van der Waals surface area contributed by atoms with Crippen molar-refractivity contribution in [3.05, 3.63) is 58.1 Å². The highest BCUT2D eigenvalue weighted by Gasteiger charge is 2.37. The van der Waals surface area contributed by atoms with Gasteiger partial charge >= 0.3 is 6.09 Å². The lowest BCUT2D eigenvalue weighted by atomic mass is 9.98. The van der Waals surface area contributed by atoms with E-state index in [4.69, 9.17) is 22.8 Å². The predicted molar refractivity (Wildman–Crippen MR) is 144 cm³/mol. The molecule has 2 unspecified atom stereocenters. The molecule has 0 aliphatic rings. The number of anilines is 1. The van der Waals surface area contributed by atoms with Crippen LogP contribution in [0.25, 0.3) is 0 Å². The smallest absolute Gasteiger partial charge is 0.408 e. The van der Waals surface area contributed by atoms with Crippen molar-refractivity contribution in [3.8, 4) is 18.2 Å². The van der Waals surface area contributed by atoms with Gasteiger partial charge in [-0.1, -0.05) is 50.1 Å². The second-order valence-electron chi connectivity index (χ2n) is 10.1. The summed E-state index contributed by atoms with van der Waals surface area (Å²) in [5.74, 6) is -1.65. The molecule has 0 aliphatic carbocycles. The van der Waals surface area contributed by atoms with E-state index in [2.05, 4.69) is 16.7 Å². The van der Waals surface area contributed by atoms with Crippen LogP contribution in [0.3, 0.4) is 0 Å². The maximum atomic E-state index is 13.7. The quantitative estimate of drug-likeness (QED) is 0.334. The first-order valence-corrected chi connectivity index (χ1v) is 12.2. The maximum Gasteiger partial charge on any atom is 0.408 e. The molecular weight excluding hydrogens is 494 g/mol. The summed E-state index contributed by atoms with van der Waals surface area (Å²) < 4.78 is 5.31. The number of para-hydroxylation sites is 1. The molecule has 3 amide bonds. The van der Waals surface area contributed by atoms with Gasteiger partial charge in [0.25, 0.3) is 11.8 Å². The number of aromatic hydroxyl groups is 1. The highest BCUT2D eigenvalue weighted by Crippen LogP contribution is 2.31. The molecule has 0 saturated heterocycles. The van der Waals surface area contributed by atoms with Crippen molar-refractivity contribution in [2.75, 3.05) is 5.32 Å². The maximum absolute atomic E-state index is 13.7. The first kappa shape index (κ1) is 29.5. The van der Waals surface area contributed by atoms with Crippen LogP contribution in [0.2, 0.25) is 5.02 Å². The minimum Gasteiger partial charge on any atom is -0.508 e. The van der Waals surface area contributed by atoms with Gasteiger partial charge in [0, 0.05) is 6.04 Å². The minimum atomic E-state index is -1.30. The number of rotatable bonds is 7. The molecule has 3 N–H and O–H groups in total. The van der Waals surface area contributed by atoms with Gasteiger partial charge in [0.2, 0.25) is 0 Å². The van der Waals surface area contributed by atoms with Crippen LogP contribution in [0, 0.1) is 32.2 Å². The Bertz CT molecular complexity index is 1190. The fourth-order valence-electron chi connectivity index (χ4n) is 3.61. The minimum absolute atomic E-state index is 0.0232. The largest absolute Gasteiger partial charge is 0.508 e. The van der Waals surface area contributed by atoms with Crippen molar-refractivity contribution in [1.29, 1.82) is 0 Å². The molecule has 0 saturated carbocycles. The second-order valence-corrected chi connectivity index (χ2v) is 10.5. The molecule has 2 atom stereocenters. The zero-order valence-corrected chi connectivity index (χ0v) is 22.9. The first-order chi connectivity index (χ1) is 17.2. The number of benzene rings is 2. The molecule has 0 fully saturated rings. The van der Waals surface area contributed by atoms with Gasteiger partial charge in [-0.05, 0) is 75.4 Å². The van der Waals surface area contributed by atoms with E-state index in [1.807, 2.05) is 0 Å². The van der Waals surface area contributed by atoms with Crippen molar-refractivity contribution >= 4 is 35.2 Å². The number of nitrogens with zero attached hydrogens (tertiary/aromatic N) is 1. The molecule has 2 aromatic rings. The standard InChI is InChI=1S/C28H34ClN3O5/c1-9-32(26(35)22(16(2)3)31-27(36)37-28(6,7)8)24(19-13-14-21(33)18(5)15-19)25(34)30-23-17(4)11-10-12-20(23)29/h1,10-16,22,24,33H,2-8H3,(H,30,34)(H,31,36). The van der Waals surface area contributed by atoms with Gasteiger partial charge in [-0.2, -0.15) is 0 Å². The molecule has 0 heterocycles. The average molecular weight is 528 g/mol. The molecule has 0 spiro atoms. The Morgan fingerprint density at radius 2 is 1.76 bits per heavy atom. The Kier molecular flexibility index (Phi) is 9.60. The average Bonchev–Trinajstić information content (AvgIpc) is 2.78. The van der Waals surface area contributed by atoms with Crippen molar-refractivity contribution in [3.63, 3.8) is 0 Å². The SMILES string of the molecule is C#CN(C(=O)C(NC(=O)OC(C)(C)C)C(C)C)C(C(=O)Nc1c(C)cccc1Cl)c1ccc(O)c(C)c1. The fourth-order valence-corrected chi connectivity index (χ4v) is 3.88. The molecular formula is C28H34ClN3O5. The number of phenolic OH excluding ortho intramolecular Hbond substituents is 1. The van der Waals surface area contributed by atoms with E-state index in [9.17, 15) is 19.5 Å². The van der Waals surface area contributed by atoms with Crippen LogP contribution in [-0.2, 0) is 14.3 Å². The predicted octanol–water partition coefficient (Wildman–Crippen LogP) is 5.31. The van der Waals surface area contributed by atoms with E-state index in [1.54, 1.807) is 72.7 Å². The number of terminal acetylenes is 1. The van der Waals surface area contributed by atoms with Crippen LogP contribution in [0.4, 0.5) is 10.5 Å². The lowest BCUT2D eigenvalue weighted by Crippen LogP contribution is -2.53. The topological polar surface area (TPSA) is 108 Å². The highest BCUT2D eigenvalue weighted by molar-refractivity contribution is 6.34. The van der Waals surface area contributed by atoms with Crippen LogP contribution in [-0.4, -0.2) is 39.6 Å². The van der Waals surface area contributed by atoms with Gasteiger partial charge in [0.15, 0.2) is 0 Å². The van der Waals surface area contributed by atoms with Crippen LogP contribution >= 0.6 is 11.6 Å². The third-order valence-corrected chi connectivity index (χ3v) is 5.81. The Balaban J connectivity index is 2.53. The molecule has 2 rings (SSSR count). The van der Waals surface area contributed by atoms with Gasteiger partial charge in [-0.3, -0.25) is 14.5 Å². The molecule has 0 bridgehead atoms. The summed E-state index contributed by atoms with van der Waals surface area (Å²) in [7, 11) is 0. The third kappa shape index (κ3) is 7.64. The van der Waals surface area contributed by atoms with E-state index in [0.717, 1.165) is 4.90 Å². The number of carbonyl (C=O) groups excluding carboxylic acids is 3. The van der Waals surface area contributed by atoms with Crippen LogP contribution < -0.4 is 10.6 Å². The van der Waals surface area contributed by atoms with Gasteiger partial charge in [0.05, 0.1) is 10.7 Å². The third-order valence-electron chi connectivity index (χ3n) is 5.49. The summed E-state index contributed by atoms with van der Waals surface area (Å²) in [6, 6.07) is 9.61. The summed E-state index contributed by atoms with van der Waals surface area (Å²) in [5, 5.41) is 15.7. The zero-order chi connectivity index (χ0) is 28.1. The summed E-state index contributed by atoms with van der Waals surface area (Å²) in [6.45, 7) is 12.0. The van der Waals surface area contributed by atoms with Crippen LogP contribution in [0.5, 0.6) is 5.75 Å². The molecule has 37 heavy (non-hydrogen) atoms. The number of amides is 3. The highest BCUT2D eigenvalue weighted by atomic mass is 35.5. The van der Waals surface area contributed by atoms with Gasteiger partial charge in [-0.25, -0.2) is 4.79 Å². The zero-order valence-electron chi connectivity index (χ0n) is 22.2. The number of ether oxygens (including phenoxy) is 1. The number of hydrogen-bond acceptors (Lipinski definition) is 5. The molecule has 0 aromatic heterocycles. The number of carbonyl (C=O) groups is 3. The van der Waals surface area contributed by atoms with Crippen LogP contribution in [0.15, 0.2) is 36.4 Å². The Labute approximate surface area is 223 Å². The molecule has 198 valence electrons. The number of halogens is 1. The molecule has 8 nitrogen and oxygen atoms in total. The van der Waals surface area contributed by atoms with E-state index in [1.165, 1.54) is 12.1 Å². The Morgan fingerprint density at radius 1 is 1.11 bits per heavy atom. The number of alkyl carbamates (subject to hydrolysis) is 1. The monoisotopic (exact) mass is 527 g/mol. The molecule has 0 aliphatic heterocycles. The van der Waals surface area contributed by atoms with Crippen molar-refractivity contribution in [1.82, 2.24) is 10.2 Å². The van der Waals surface area contributed by atoms with Gasteiger partial charge < -0.3 is 20.5 Å². The Morgan fingerprint density at radius 3 is 2.27 bits per heavy atom. The molecule has 9 heteroatoms. The molecule has 0 radical (unpaired) electrons. The van der Waals surface area contributed by atoms with Crippen molar-refractivity contribution in [2.45, 2.75) is 66.2 Å². The van der Waals surface area contributed by atoms with Gasteiger partial charge in [-0.15, -0.1) is 0 Å². The van der Waals surface area contributed by atoms with E-state index >= 15 is 0 Å². The van der Waals surface area contributed by atoms with E-state index in [0.29, 0.717) is 27.4 Å². The summed E-state index contributed by atoms with van der Waals surface area (Å²) in [6.07, 6.45) is 5.01. The number of aryl methyl sites for hydroxylation is 2. The van der Waals surface area contributed by atoms with E-state index in [-0.39, 0.29) is 11.7 Å². The van der Waals surface area contributed by atoms with Crippen molar-refractivity contribution in [2.24, 2.45) is 5.92 Å². The summed E-state index contributed by atoms with van der Waals surface area (Å²) >= 11 is 6.32. The van der Waals surface area contributed by atoms with Crippen LogP contribution in [0.1, 0.15) is 57.4 Å². The Hall–Kier alpha value is -3.70. The lowest BCUT2D eigenvalue weighted by molar-refractivity contribution is -0.137. The second kappa shape index (κ2) is 12.0. The van der Waals surface area contributed by atoms with Gasteiger partial charge in [0.1, 0.15) is 23.4 Å². The number of phenols is 1. The van der Waals surface area contributed by atoms with E-state index < -0.39 is 35.6 Å². The number of nitrogens with one attached hydrogen (secondary N) is 2.